The Morgan fingerprint density at radius 1 is 1.46 bits per heavy atom. The third kappa shape index (κ3) is 2.45. The van der Waals surface area contributed by atoms with E-state index in [0.717, 1.165) is 0 Å². The number of hydrogen-bond donors (Lipinski definition) is 2. The average Bonchev–Trinajstić information content (AvgIpc) is 2.03. The zero-order valence-electron chi connectivity index (χ0n) is 7.53. The van der Waals surface area contributed by atoms with E-state index in [9.17, 15) is 4.79 Å². The number of carbonyl (C=O) groups excluding carboxylic acids is 1. The summed E-state index contributed by atoms with van der Waals surface area (Å²) in [6.45, 7) is 1.66. The molecule has 0 aliphatic rings. The normalized spacial score (nSPS) is 9.69. The maximum absolute atomic E-state index is 10.8. The molecule has 0 atom stereocenters. The molecule has 0 bridgehead atoms. The molecule has 1 rings (SSSR count). The SMILES string of the molecule is CC(=O)CN(N)c1ccccc1N. The van der Waals surface area contributed by atoms with Gasteiger partial charge in [0.2, 0.25) is 0 Å². The minimum Gasteiger partial charge on any atom is -0.397 e. The largest absolute Gasteiger partial charge is 0.397 e. The van der Waals surface area contributed by atoms with Gasteiger partial charge in [-0.25, -0.2) is 5.84 Å². The van der Waals surface area contributed by atoms with Crippen LogP contribution in [0.3, 0.4) is 0 Å². The van der Waals surface area contributed by atoms with Gasteiger partial charge in [-0.1, -0.05) is 12.1 Å². The first kappa shape index (κ1) is 9.54. The number of anilines is 2. The molecular formula is C9H13N3O. The van der Waals surface area contributed by atoms with Crippen LogP contribution in [0.4, 0.5) is 11.4 Å². The summed E-state index contributed by atoms with van der Waals surface area (Å²) in [6.07, 6.45) is 0. The van der Waals surface area contributed by atoms with Crippen molar-refractivity contribution in [3.05, 3.63) is 24.3 Å². The van der Waals surface area contributed by atoms with Crippen molar-refractivity contribution in [2.75, 3.05) is 17.3 Å². The van der Waals surface area contributed by atoms with E-state index < -0.39 is 0 Å². The number of para-hydroxylation sites is 2. The Labute approximate surface area is 77.1 Å². The highest BCUT2D eigenvalue weighted by atomic mass is 16.1. The molecule has 0 heterocycles. The number of hydrogen-bond acceptors (Lipinski definition) is 4. The van der Waals surface area contributed by atoms with Crippen LogP contribution >= 0.6 is 0 Å². The topological polar surface area (TPSA) is 72.3 Å². The minimum absolute atomic E-state index is 0.00533. The van der Waals surface area contributed by atoms with Gasteiger partial charge in [0.05, 0.1) is 17.9 Å². The predicted molar refractivity (Wildman–Crippen MR) is 53.1 cm³/mol. The molecule has 4 heteroatoms. The second-order valence-electron chi connectivity index (χ2n) is 2.89. The van der Waals surface area contributed by atoms with Gasteiger partial charge in [-0.3, -0.25) is 4.79 Å². The summed E-state index contributed by atoms with van der Waals surface area (Å²) in [7, 11) is 0. The molecule has 1 aromatic rings. The zero-order valence-corrected chi connectivity index (χ0v) is 7.53. The van der Waals surface area contributed by atoms with E-state index >= 15 is 0 Å². The Balaban J connectivity index is 2.82. The predicted octanol–water partition coefficient (Wildman–Crippen LogP) is 0.538. The second kappa shape index (κ2) is 3.91. The van der Waals surface area contributed by atoms with Gasteiger partial charge in [-0.05, 0) is 19.1 Å². The highest BCUT2D eigenvalue weighted by Crippen LogP contribution is 2.19. The van der Waals surface area contributed by atoms with Crippen LogP contribution in [-0.4, -0.2) is 12.3 Å². The first-order valence-electron chi connectivity index (χ1n) is 3.97. The summed E-state index contributed by atoms with van der Waals surface area (Å²) in [5.41, 5.74) is 6.92. The van der Waals surface area contributed by atoms with Crippen molar-refractivity contribution >= 4 is 17.2 Å². The van der Waals surface area contributed by atoms with Crippen LogP contribution in [0.1, 0.15) is 6.92 Å². The van der Waals surface area contributed by atoms with E-state index in [1.54, 1.807) is 12.1 Å². The Hall–Kier alpha value is -1.55. The summed E-state index contributed by atoms with van der Waals surface area (Å²) < 4.78 is 0. The molecule has 70 valence electrons. The quantitative estimate of drug-likeness (QED) is 0.403. The van der Waals surface area contributed by atoms with Crippen LogP contribution in [0.2, 0.25) is 0 Å². The molecule has 0 radical (unpaired) electrons. The molecule has 0 fully saturated rings. The summed E-state index contributed by atoms with van der Waals surface area (Å²) in [5.74, 6) is 5.63. The molecule has 1 aromatic carbocycles. The Morgan fingerprint density at radius 2 is 2.08 bits per heavy atom. The lowest BCUT2D eigenvalue weighted by Crippen LogP contribution is -2.35. The summed E-state index contributed by atoms with van der Waals surface area (Å²) >= 11 is 0. The van der Waals surface area contributed by atoms with Gasteiger partial charge in [0.25, 0.3) is 0 Å². The van der Waals surface area contributed by atoms with Crippen LogP contribution in [-0.2, 0) is 4.79 Å². The Morgan fingerprint density at radius 3 is 2.62 bits per heavy atom. The van der Waals surface area contributed by atoms with Crippen LogP contribution in [0, 0.1) is 0 Å². The first-order chi connectivity index (χ1) is 6.11. The van der Waals surface area contributed by atoms with Gasteiger partial charge in [0.1, 0.15) is 0 Å². The number of nitrogen functional groups attached to an aromatic ring is 1. The number of ketones is 1. The third-order valence-electron chi connectivity index (χ3n) is 1.64. The van der Waals surface area contributed by atoms with Crippen molar-refractivity contribution in [2.45, 2.75) is 6.92 Å². The van der Waals surface area contributed by atoms with Crippen LogP contribution in [0.5, 0.6) is 0 Å². The van der Waals surface area contributed by atoms with E-state index in [0.29, 0.717) is 11.4 Å². The maximum Gasteiger partial charge on any atom is 0.150 e. The summed E-state index contributed by atoms with van der Waals surface area (Å²) in [4.78, 5) is 10.8. The van der Waals surface area contributed by atoms with E-state index in [1.807, 2.05) is 12.1 Å². The lowest BCUT2D eigenvalue weighted by molar-refractivity contribution is -0.115. The molecule has 4 nitrogen and oxygen atoms in total. The highest BCUT2D eigenvalue weighted by Gasteiger charge is 2.06. The summed E-state index contributed by atoms with van der Waals surface area (Å²) in [5, 5.41) is 1.34. The Kier molecular flexibility index (Phi) is 2.87. The molecule has 0 spiro atoms. The molecule has 0 saturated heterocycles. The monoisotopic (exact) mass is 179 g/mol. The molecule has 0 aromatic heterocycles. The maximum atomic E-state index is 10.8. The fraction of sp³-hybridized carbons (Fsp3) is 0.222. The molecule has 0 amide bonds. The van der Waals surface area contributed by atoms with E-state index in [4.69, 9.17) is 11.6 Å². The van der Waals surface area contributed by atoms with Crippen molar-refractivity contribution in [1.29, 1.82) is 0 Å². The number of Topliss-reactive ketones (excluding diaryl/α,β-unsaturated/α-hetero) is 1. The number of carbonyl (C=O) groups is 1. The minimum atomic E-state index is 0.00533. The van der Waals surface area contributed by atoms with E-state index in [1.165, 1.54) is 11.9 Å². The number of hydrazine groups is 1. The fourth-order valence-electron chi connectivity index (χ4n) is 1.07. The molecule has 0 aliphatic carbocycles. The lowest BCUT2D eigenvalue weighted by atomic mass is 10.2. The molecule has 0 saturated carbocycles. The van der Waals surface area contributed by atoms with Crippen molar-refractivity contribution in [2.24, 2.45) is 5.84 Å². The van der Waals surface area contributed by atoms with Crippen LogP contribution < -0.4 is 16.6 Å². The molecule has 13 heavy (non-hydrogen) atoms. The van der Waals surface area contributed by atoms with Crippen molar-refractivity contribution in [3.63, 3.8) is 0 Å². The Bertz CT molecular complexity index is 311. The molecule has 4 N–H and O–H groups in total. The fourth-order valence-corrected chi connectivity index (χ4v) is 1.07. The lowest BCUT2D eigenvalue weighted by Gasteiger charge is -2.18. The highest BCUT2D eigenvalue weighted by molar-refractivity contribution is 5.82. The number of benzene rings is 1. The molecule has 0 unspecified atom stereocenters. The van der Waals surface area contributed by atoms with Gasteiger partial charge < -0.3 is 10.7 Å². The van der Waals surface area contributed by atoms with Gasteiger partial charge in [0, 0.05) is 0 Å². The molecular weight excluding hydrogens is 166 g/mol. The first-order valence-corrected chi connectivity index (χ1v) is 3.97. The van der Waals surface area contributed by atoms with Crippen molar-refractivity contribution < 1.29 is 4.79 Å². The van der Waals surface area contributed by atoms with E-state index in [2.05, 4.69) is 0 Å². The second-order valence-corrected chi connectivity index (χ2v) is 2.89. The smallest absolute Gasteiger partial charge is 0.150 e. The van der Waals surface area contributed by atoms with Crippen LogP contribution in [0.15, 0.2) is 24.3 Å². The van der Waals surface area contributed by atoms with Gasteiger partial charge in [-0.15, -0.1) is 0 Å². The van der Waals surface area contributed by atoms with E-state index in [-0.39, 0.29) is 12.3 Å². The van der Waals surface area contributed by atoms with Gasteiger partial charge >= 0.3 is 0 Å². The number of nitrogens with two attached hydrogens (primary N) is 2. The van der Waals surface area contributed by atoms with Crippen LogP contribution in [0.25, 0.3) is 0 Å². The standard InChI is InChI=1S/C9H13N3O/c1-7(13)6-12(11)9-5-3-2-4-8(9)10/h2-5H,6,10-11H2,1H3. The third-order valence-corrected chi connectivity index (χ3v) is 1.64. The summed E-state index contributed by atoms with van der Waals surface area (Å²) in [6, 6.07) is 7.17. The van der Waals surface area contributed by atoms with Gasteiger partial charge in [0.15, 0.2) is 5.78 Å². The number of nitrogens with zero attached hydrogens (tertiary/aromatic N) is 1. The van der Waals surface area contributed by atoms with Gasteiger partial charge in [-0.2, -0.15) is 0 Å². The zero-order chi connectivity index (χ0) is 9.84. The average molecular weight is 179 g/mol. The van der Waals surface area contributed by atoms with Crippen molar-refractivity contribution in [1.82, 2.24) is 0 Å². The number of rotatable bonds is 3. The molecule has 0 aliphatic heterocycles. The van der Waals surface area contributed by atoms with Crippen molar-refractivity contribution in [3.8, 4) is 0 Å².